The number of carboxylic acid groups (broad SMARTS) is 1. The Morgan fingerprint density at radius 1 is 1.58 bits per heavy atom. The van der Waals surface area contributed by atoms with E-state index in [2.05, 4.69) is 10.2 Å². The maximum atomic E-state index is 10.2. The summed E-state index contributed by atoms with van der Waals surface area (Å²) in [5.74, 6) is 0.685. The summed E-state index contributed by atoms with van der Waals surface area (Å²) in [4.78, 5) is 11.1. The summed E-state index contributed by atoms with van der Waals surface area (Å²) in [6.07, 6.45) is 4.97. The third-order valence-electron chi connectivity index (χ3n) is 1.89. The van der Waals surface area contributed by atoms with E-state index in [0.29, 0.717) is 6.42 Å². The summed E-state index contributed by atoms with van der Waals surface area (Å²) in [5.41, 5.74) is 0. The fourth-order valence-corrected chi connectivity index (χ4v) is 6.64. The first-order valence-corrected chi connectivity index (χ1v) is 8.29. The van der Waals surface area contributed by atoms with Crippen LogP contribution in [0, 0.1) is 0 Å². The molecule has 1 rings (SSSR count). The average molecular weight is 253 g/mol. The van der Waals surface area contributed by atoms with E-state index in [9.17, 15) is 4.79 Å². The van der Waals surface area contributed by atoms with E-state index in [4.69, 9.17) is 5.11 Å². The topological polar surface area (TPSA) is 37.3 Å². The summed E-state index contributed by atoms with van der Waals surface area (Å²) >= 11 is 0.795. The minimum atomic E-state index is -0.652. The van der Waals surface area contributed by atoms with Gasteiger partial charge in [0.25, 0.3) is 0 Å². The van der Waals surface area contributed by atoms with E-state index in [1.54, 1.807) is 0 Å². The zero-order valence-electron chi connectivity index (χ0n) is 6.99. The molecule has 1 aliphatic rings. The average Bonchev–Trinajstić information content (AvgIpc) is 2.49. The zero-order valence-corrected chi connectivity index (χ0v) is 9.52. The van der Waals surface area contributed by atoms with Crippen LogP contribution in [0.25, 0.3) is 0 Å². The Kier molecular flexibility index (Phi) is 5.12. The van der Waals surface area contributed by atoms with Gasteiger partial charge in [0.15, 0.2) is 0 Å². The van der Waals surface area contributed by atoms with Crippen molar-refractivity contribution in [2.45, 2.75) is 36.9 Å². The van der Waals surface area contributed by atoms with Crippen LogP contribution in [0.3, 0.4) is 0 Å². The van der Waals surface area contributed by atoms with Gasteiger partial charge in [-0.25, -0.2) is 0 Å². The Balaban J connectivity index is 1.91. The molecule has 0 aromatic heterocycles. The van der Waals surface area contributed by atoms with E-state index >= 15 is 0 Å². The van der Waals surface area contributed by atoms with E-state index < -0.39 is 5.97 Å². The van der Waals surface area contributed by atoms with Gasteiger partial charge in [-0.15, -0.1) is 0 Å². The molecule has 0 saturated carbocycles. The van der Waals surface area contributed by atoms with Gasteiger partial charge in [0.2, 0.25) is 0 Å². The van der Waals surface area contributed by atoms with Crippen molar-refractivity contribution in [3.05, 3.63) is 0 Å². The molecule has 0 radical (unpaired) electrons. The van der Waals surface area contributed by atoms with Crippen LogP contribution in [-0.2, 0) is 4.79 Å². The first kappa shape index (κ1) is 10.4. The van der Waals surface area contributed by atoms with Crippen molar-refractivity contribution in [2.75, 3.05) is 5.75 Å². The van der Waals surface area contributed by atoms with Crippen molar-refractivity contribution in [3.8, 4) is 0 Å². The van der Waals surface area contributed by atoms with E-state index in [1.807, 2.05) is 0 Å². The van der Waals surface area contributed by atoms with Crippen molar-refractivity contribution in [3.63, 3.8) is 0 Å². The quantitative estimate of drug-likeness (QED) is 0.602. The predicted octanol–water partition coefficient (Wildman–Crippen LogP) is 2.18. The summed E-state index contributed by atoms with van der Waals surface area (Å²) in [5, 5.41) is 8.41. The molecule has 1 unspecified atom stereocenters. The Labute approximate surface area is 82.7 Å². The normalized spacial score (nSPS) is 22.8. The van der Waals surface area contributed by atoms with Gasteiger partial charge in [-0.2, -0.15) is 0 Å². The summed E-state index contributed by atoms with van der Waals surface area (Å²) in [6, 6.07) is 0. The van der Waals surface area contributed by atoms with Gasteiger partial charge < -0.3 is 0 Å². The third kappa shape index (κ3) is 4.39. The fourth-order valence-electron chi connectivity index (χ4n) is 1.21. The molecule has 0 amide bonds. The van der Waals surface area contributed by atoms with Crippen LogP contribution < -0.4 is 0 Å². The number of carbonyl (C=O) groups is 1. The molecule has 1 atom stereocenters. The number of unbranched alkanes of at least 4 members (excludes halogenated alkanes) is 1. The monoisotopic (exact) mass is 254 g/mol. The zero-order chi connectivity index (χ0) is 8.81. The van der Waals surface area contributed by atoms with Gasteiger partial charge in [-0.3, -0.25) is 0 Å². The molecule has 1 aliphatic heterocycles. The molecule has 1 fully saturated rings. The predicted molar refractivity (Wildman–Crippen MR) is 52.7 cm³/mol. The molecule has 1 saturated heterocycles. The molecule has 1 N–H and O–H groups in total. The van der Waals surface area contributed by atoms with Crippen molar-refractivity contribution in [1.29, 1.82) is 0 Å². The summed E-state index contributed by atoms with van der Waals surface area (Å²) < 4.78 is 0. The van der Waals surface area contributed by atoms with Crippen molar-refractivity contribution < 1.29 is 9.90 Å². The standard InChI is InChI=1S/C8H14O2SSe/c9-8(10)4-2-1-3-7-5-6-11-12-7/h7H,1-6H2,(H,9,10). The van der Waals surface area contributed by atoms with Crippen LogP contribution in [0.4, 0.5) is 0 Å². The Bertz CT molecular complexity index is 146. The van der Waals surface area contributed by atoms with Crippen molar-refractivity contribution in [1.82, 2.24) is 0 Å². The Hall–Kier alpha value is 0.339. The second-order valence-corrected chi connectivity index (χ2v) is 7.90. The number of rotatable bonds is 5. The molecule has 1 heterocycles. The molecular formula is C8H14O2SSe. The van der Waals surface area contributed by atoms with Crippen LogP contribution in [0.5, 0.6) is 0 Å². The fraction of sp³-hybridized carbons (Fsp3) is 0.875. The van der Waals surface area contributed by atoms with E-state index in [0.717, 1.165) is 31.5 Å². The number of hydrogen-bond donors (Lipinski definition) is 1. The van der Waals surface area contributed by atoms with Crippen molar-refractivity contribution in [2.24, 2.45) is 0 Å². The van der Waals surface area contributed by atoms with Gasteiger partial charge in [0.05, 0.1) is 0 Å². The molecule has 0 aromatic rings. The van der Waals surface area contributed by atoms with Crippen LogP contribution >= 0.6 is 10.2 Å². The second kappa shape index (κ2) is 5.90. The van der Waals surface area contributed by atoms with Crippen LogP contribution in [0.2, 0.25) is 4.82 Å². The number of carboxylic acids is 1. The number of aliphatic carboxylic acids is 1. The van der Waals surface area contributed by atoms with E-state index in [-0.39, 0.29) is 0 Å². The van der Waals surface area contributed by atoms with Gasteiger partial charge in [-0.05, 0) is 0 Å². The molecule has 0 aliphatic carbocycles. The third-order valence-corrected chi connectivity index (χ3v) is 7.31. The maximum absolute atomic E-state index is 10.2. The van der Waals surface area contributed by atoms with E-state index in [1.165, 1.54) is 18.6 Å². The first-order chi connectivity index (χ1) is 5.79. The second-order valence-electron chi connectivity index (χ2n) is 2.97. The Morgan fingerprint density at radius 3 is 3.00 bits per heavy atom. The van der Waals surface area contributed by atoms with Gasteiger partial charge in [0.1, 0.15) is 0 Å². The Morgan fingerprint density at radius 2 is 2.42 bits per heavy atom. The molecule has 4 heteroatoms. The molecule has 12 heavy (non-hydrogen) atoms. The van der Waals surface area contributed by atoms with Crippen LogP contribution in [-0.4, -0.2) is 30.7 Å². The summed E-state index contributed by atoms with van der Waals surface area (Å²) in [6.45, 7) is 0. The van der Waals surface area contributed by atoms with Gasteiger partial charge in [0, 0.05) is 0 Å². The summed E-state index contributed by atoms with van der Waals surface area (Å²) in [7, 11) is 2.09. The molecule has 0 spiro atoms. The van der Waals surface area contributed by atoms with Crippen LogP contribution in [0.15, 0.2) is 0 Å². The molecule has 0 bridgehead atoms. The SMILES string of the molecule is O=C(O)CCCCC1CCS[Se]1. The molecule has 0 aromatic carbocycles. The van der Waals surface area contributed by atoms with Gasteiger partial charge >= 0.3 is 82.6 Å². The molecular weight excluding hydrogens is 239 g/mol. The number of hydrogen-bond acceptors (Lipinski definition) is 2. The first-order valence-electron chi connectivity index (χ1n) is 4.29. The van der Waals surface area contributed by atoms with Crippen molar-refractivity contribution >= 4 is 30.0 Å². The minimum absolute atomic E-state index is 0.354. The molecule has 70 valence electrons. The molecule has 2 nitrogen and oxygen atoms in total. The van der Waals surface area contributed by atoms with Gasteiger partial charge in [-0.1, -0.05) is 0 Å². The van der Waals surface area contributed by atoms with Crippen LogP contribution in [0.1, 0.15) is 32.1 Å².